The van der Waals surface area contributed by atoms with E-state index < -0.39 is 0 Å². The van der Waals surface area contributed by atoms with Crippen LogP contribution in [0.2, 0.25) is 0 Å². The molecule has 0 spiro atoms. The second-order valence-electron chi connectivity index (χ2n) is 6.40. The third-order valence-electron chi connectivity index (χ3n) is 4.21. The van der Waals surface area contributed by atoms with Gasteiger partial charge in [0.1, 0.15) is 5.82 Å². The van der Waals surface area contributed by atoms with Crippen LogP contribution in [0.1, 0.15) is 28.7 Å². The number of thioether (sulfide) groups is 1. The number of carbonyl (C=O) groups is 2. The zero-order chi connectivity index (χ0) is 20.6. The lowest BCUT2D eigenvalue weighted by atomic mass is 10.1. The van der Waals surface area contributed by atoms with Crippen molar-refractivity contribution in [2.45, 2.75) is 18.5 Å². The highest BCUT2D eigenvalue weighted by Gasteiger charge is 2.13. The number of nitrogens with zero attached hydrogens (tertiary/aromatic N) is 3. The second kappa shape index (κ2) is 9.88. The lowest BCUT2D eigenvalue weighted by Gasteiger charge is -2.08. The Morgan fingerprint density at radius 3 is 2.62 bits per heavy atom. The van der Waals surface area contributed by atoms with E-state index in [9.17, 15) is 9.59 Å². The zero-order valence-electron chi connectivity index (χ0n) is 16.4. The van der Waals surface area contributed by atoms with E-state index in [0.29, 0.717) is 29.4 Å². The van der Waals surface area contributed by atoms with Gasteiger partial charge in [-0.25, -0.2) is 0 Å². The number of amides is 2. The number of carbonyl (C=O) groups excluding carboxylic acids is 2. The minimum Gasteiger partial charge on any atom is -0.352 e. The number of hydrogen-bond donors (Lipinski definition) is 2. The second-order valence-corrected chi connectivity index (χ2v) is 7.34. The first-order valence-corrected chi connectivity index (χ1v) is 10.3. The predicted molar refractivity (Wildman–Crippen MR) is 114 cm³/mol. The molecule has 1 heterocycles. The number of aromatic nitrogens is 3. The summed E-state index contributed by atoms with van der Waals surface area (Å²) in [6.07, 6.45) is 0.684. The Bertz CT molecular complexity index is 988. The maximum Gasteiger partial charge on any atom is 0.251 e. The van der Waals surface area contributed by atoms with Gasteiger partial charge in [0.15, 0.2) is 5.16 Å². The molecule has 150 valence electrons. The molecule has 1 aromatic heterocycles. The Kier molecular flexibility index (Phi) is 7.02. The quantitative estimate of drug-likeness (QED) is 0.559. The summed E-state index contributed by atoms with van der Waals surface area (Å²) >= 11 is 1.32. The Morgan fingerprint density at radius 2 is 1.86 bits per heavy atom. The van der Waals surface area contributed by atoms with Gasteiger partial charge in [0.25, 0.3) is 5.91 Å². The zero-order valence-corrected chi connectivity index (χ0v) is 17.2. The molecule has 2 aromatic carbocycles. The first kappa shape index (κ1) is 20.6. The molecule has 0 unspecified atom stereocenters. The van der Waals surface area contributed by atoms with Gasteiger partial charge < -0.3 is 15.2 Å². The molecule has 0 saturated carbocycles. The minimum absolute atomic E-state index is 0.164. The van der Waals surface area contributed by atoms with Crippen LogP contribution in [0.4, 0.5) is 5.69 Å². The molecule has 0 saturated heterocycles. The van der Waals surface area contributed by atoms with Crippen molar-refractivity contribution < 1.29 is 9.59 Å². The molecule has 3 aromatic rings. The van der Waals surface area contributed by atoms with Gasteiger partial charge in [0.05, 0.1) is 5.75 Å². The molecular weight excluding hydrogens is 386 g/mol. The summed E-state index contributed by atoms with van der Waals surface area (Å²) in [4.78, 5) is 24.2. The molecule has 0 radical (unpaired) electrons. The molecular formula is C21H23N5O2S. The van der Waals surface area contributed by atoms with Crippen molar-refractivity contribution in [2.75, 3.05) is 17.6 Å². The summed E-state index contributed by atoms with van der Waals surface area (Å²) in [6.45, 7) is 2.41. The number of hydrogen-bond acceptors (Lipinski definition) is 5. The average Bonchev–Trinajstić information content (AvgIpc) is 3.07. The molecule has 0 atom stereocenters. The molecule has 3 rings (SSSR count). The summed E-state index contributed by atoms with van der Waals surface area (Å²) in [7, 11) is 1.90. The van der Waals surface area contributed by atoms with Crippen molar-refractivity contribution in [1.29, 1.82) is 0 Å². The third kappa shape index (κ3) is 5.68. The highest BCUT2D eigenvalue weighted by molar-refractivity contribution is 7.99. The minimum atomic E-state index is -0.171. The maximum absolute atomic E-state index is 12.3. The molecule has 0 fully saturated rings. The van der Waals surface area contributed by atoms with Crippen LogP contribution in [0, 0.1) is 0 Å². The Morgan fingerprint density at radius 1 is 1.07 bits per heavy atom. The molecule has 0 aliphatic rings. The smallest absolute Gasteiger partial charge is 0.251 e. The Labute approximate surface area is 173 Å². The lowest BCUT2D eigenvalue weighted by Crippen LogP contribution is -2.23. The predicted octanol–water partition coefficient (Wildman–Crippen LogP) is 2.89. The number of nitrogens with one attached hydrogen (secondary N) is 2. The van der Waals surface area contributed by atoms with Crippen molar-refractivity contribution in [3.63, 3.8) is 0 Å². The largest absolute Gasteiger partial charge is 0.352 e. The molecule has 2 amide bonds. The van der Waals surface area contributed by atoms with Crippen LogP contribution < -0.4 is 10.6 Å². The molecule has 0 aliphatic carbocycles. The molecule has 0 aliphatic heterocycles. The van der Waals surface area contributed by atoms with Gasteiger partial charge >= 0.3 is 0 Å². The van der Waals surface area contributed by atoms with Crippen molar-refractivity contribution in [1.82, 2.24) is 20.1 Å². The molecule has 7 nitrogen and oxygen atoms in total. The first-order chi connectivity index (χ1) is 14.1. The number of anilines is 1. The highest BCUT2D eigenvalue weighted by atomic mass is 32.2. The van der Waals surface area contributed by atoms with E-state index in [-0.39, 0.29) is 17.6 Å². The fourth-order valence-electron chi connectivity index (χ4n) is 2.73. The average molecular weight is 410 g/mol. The van der Waals surface area contributed by atoms with Crippen molar-refractivity contribution in [2.24, 2.45) is 7.05 Å². The highest BCUT2D eigenvalue weighted by Crippen LogP contribution is 2.18. The molecule has 8 heteroatoms. The van der Waals surface area contributed by atoms with Crippen LogP contribution in [0.3, 0.4) is 0 Å². The van der Waals surface area contributed by atoms with E-state index in [1.54, 1.807) is 24.3 Å². The fourth-order valence-corrected chi connectivity index (χ4v) is 3.46. The number of benzene rings is 2. The van der Waals surface area contributed by atoms with E-state index in [2.05, 4.69) is 20.8 Å². The summed E-state index contributed by atoms with van der Waals surface area (Å²) < 4.78 is 1.90. The van der Waals surface area contributed by atoms with Crippen molar-refractivity contribution >= 4 is 29.3 Å². The molecule has 0 bridgehead atoms. The SMILES string of the molecule is CCNC(=O)c1cccc(NC(=O)CSc2nnc(Cc3ccccc3)n2C)c1. The number of rotatable bonds is 8. The van der Waals surface area contributed by atoms with Gasteiger partial charge in [-0.05, 0) is 30.7 Å². The lowest BCUT2D eigenvalue weighted by molar-refractivity contribution is -0.113. The third-order valence-corrected chi connectivity index (χ3v) is 5.23. The van der Waals surface area contributed by atoms with Crippen LogP contribution in [0.15, 0.2) is 59.8 Å². The normalized spacial score (nSPS) is 10.6. The van der Waals surface area contributed by atoms with Gasteiger partial charge in [-0.1, -0.05) is 48.2 Å². The summed E-state index contributed by atoms with van der Waals surface area (Å²) in [5, 5.41) is 14.7. The van der Waals surface area contributed by atoms with E-state index in [4.69, 9.17) is 0 Å². The monoisotopic (exact) mass is 409 g/mol. The van der Waals surface area contributed by atoms with E-state index >= 15 is 0 Å². The molecule has 2 N–H and O–H groups in total. The summed E-state index contributed by atoms with van der Waals surface area (Å²) in [5.41, 5.74) is 2.25. The standard InChI is InChI=1S/C21H23N5O2S/c1-3-22-20(28)16-10-7-11-17(13-16)23-19(27)14-29-21-25-24-18(26(21)2)12-15-8-5-4-6-9-15/h4-11,13H,3,12,14H2,1-2H3,(H,22,28)(H,23,27). The van der Waals surface area contributed by atoms with Crippen LogP contribution in [0.25, 0.3) is 0 Å². The Hall–Kier alpha value is -3.13. The van der Waals surface area contributed by atoms with Gasteiger partial charge in [-0.3, -0.25) is 9.59 Å². The summed E-state index contributed by atoms with van der Waals surface area (Å²) in [6, 6.07) is 16.9. The maximum atomic E-state index is 12.3. The van der Waals surface area contributed by atoms with Gasteiger partial charge in [-0.2, -0.15) is 0 Å². The van der Waals surface area contributed by atoms with Crippen LogP contribution >= 0.6 is 11.8 Å². The first-order valence-electron chi connectivity index (χ1n) is 9.30. The summed E-state index contributed by atoms with van der Waals surface area (Å²) in [5.74, 6) is 0.704. The fraction of sp³-hybridized carbons (Fsp3) is 0.238. The van der Waals surface area contributed by atoms with Crippen molar-refractivity contribution in [3.8, 4) is 0 Å². The van der Waals surface area contributed by atoms with Crippen molar-refractivity contribution in [3.05, 3.63) is 71.5 Å². The van der Waals surface area contributed by atoms with Crippen LogP contribution in [-0.2, 0) is 18.3 Å². The topological polar surface area (TPSA) is 88.9 Å². The van der Waals surface area contributed by atoms with Gasteiger partial charge in [0, 0.05) is 31.3 Å². The van der Waals surface area contributed by atoms with E-state index in [0.717, 1.165) is 11.4 Å². The van der Waals surface area contributed by atoms with Crippen LogP contribution in [0.5, 0.6) is 0 Å². The van der Waals surface area contributed by atoms with Gasteiger partial charge in [-0.15, -0.1) is 10.2 Å². The van der Waals surface area contributed by atoms with Gasteiger partial charge in [0.2, 0.25) is 5.91 Å². The van der Waals surface area contributed by atoms with E-state index in [1.165, 1.54) is 11.8 Å². The molecule has 29 heavy (non-hydrogen) atoms. The van der Waals surface area contributed by atoms with Crippen LogP contribution in [-0.4, -0.2) is 38.9 Å². The Balaban J connectivity index is 1.56. The van der Waals surface area contributed by atoms with E-state index in [1.807, 2.05) is 48.9 Å².